The van der Waals surface area contributed by atoms with Crippen molar-refractivity contribution in [2.45, 2.75) is 6.61 Å². The zero-order valence-electron chi connectivity index (χ0n) is 15.7. The highest BCUT2D eigenvalue weighted by molar-refractivity contribution is 5.96. The number of para-hydroxylation sites is 2. The summed E-state index contributed by atoms with van der Waals surface area (Å²) >= 11 is 0. The Kier molecular flexibility index (Phi) is 6.37. The molecule has 3 rings (SSSR count). The number of ether oxygens (including phenoxy) is 2. The summed E-state index contributed by atoms with van der Waals surface area (Å²) < 4.78 is 10.7. The number of nitrogens with zero attached hydrogens (tertiary/aromatic N) is 1. The summed E-state index contributed by atoms with van der Waals surface area (Å²) in [5.41, 5.74) is 2.69. The molecule has 6 heteroatoms. The molecule has 0 fully saturated rings. The van der Waals surface area contributed by atoms with E-state index >= 15 is 0 Å². The molecular weight excluding hydrogens is 370 g/mol. The third kappa shape index (κ3) is 5.07. The molecule has 0 aliphatic rings. The Morgan fingerprint density at radius 2 is 1.66 bits per heavy atom. The normalized spacial score (nSPS) is 10.7. The Hall–Kier alpha value is -3.93. The molecule has 0 aliphatic carbocycles. The SMILES string of the molecule is COC(=O)c1ccccc1N=Cc1ccccc1OCc1ccc(C(=O)O)cc1. The van der Waals surface area contributed by atoms with Crippen LogP contribution in [0.3, 0.4) is 0 Å². The quantitative estimate of drug-likeness (QED) is 0.475. The maximum absolute atomic E-state index is 11.9. The molecule has 0 spiro atoms. The van der Waals surface area contributed by atoms with Crippen LogP contribution in [0.1, 0.15) is 31.8 Å². The second-order valence-electron chi connectivity index (χ2n) is 6.10. The smallest absolute Gasteiger partial charge is 0.340 e. The van der Waals surface area contributed by atoms with Crippen LogP contribution in [0.15, 0.2) is 77.8 Å². The summed E-state index contributed by atoms with van der Waals surface area (Å²) in [5, 5.41) is 8.97. The van der Waals surface area contributed by atoms with Gasteiger partial charge in [0.1, 0.15) is 12.4 Å². The van der Waals surface area contributed by atoms with E-state index in [-0.39, 0.29) is 12.2 Å². The van der Waals surface area contributed by atoms with E-state index in [1.54, 1.807) is 42.6 Å². The number of hydrogen-bond donors (Lipinski definition) is 1. The Morgan fingerprint density at radius 1 is 0.966 bits per heavy atom. The fraction of sp³-hybridized carbons (Fsp3) is 0.0870. The number of carboxylic acids is 1. The van der Waals surface area contributed by atoms with Crippen molar-refractivity contribution in [1.82, 2.24) is 0 Å². The molecule has 0 aromatic heterocycles. The number of benzene rings is 3. The monoisotopic (exact) mass is 389 g/mol. The number of carboxylic acid groups (broad SMARTS) is 1. The van der Waals surface area contributed by atoms with Gasteiger partial charge in [-0.2, -0.15) is 0 Å². The molecule has 0 saturated heterocycles. The number of hydrogen-bond acceptors (Lipinski definition) is 5. The second kappa shape index (κ2) is 9.32. The van der Waals surface area contributed by atoms with Crippen LogP contribution in [-0.4, -0.2) is 30.4 Å². The van der Waals surface area contributed by atoms with Crippen molar-refractivity contribution in [2.75, 3.05) is 7.11 Å². The third-order valence-electron chi connectivity index (χ3n) is 4.17. The lowest BCUT2D eigenvalue weighted by Crippen LogP contribution is -2.01. The maximum Gasteiger partial charge on any atom is 0.340 e. The van der Waals surface area contributed by atoms with Crippen molar-refractivity contribution >= 4 is 23.8 Å². The number of aromatic carboxylic acids is 1. The van der Waals surface area contributed by atoms with Crippen molar-refractivity contribution in [3.05, 3.63) is 95.1 Å². The Balaban J connectivity index is 1.77. The number of carbonyl (C=O) groups excluding carboxylic acids is 1. The minimum absolute atomic E-state index is 0.227. The molecule has 3 aromatic rings. The molecule has 0 aliphatic heterocycles. The summed E-state index contributed by atoms with van der Waals surface area (Å²) in [6.07, 6.45) is 1.63. The maximum atomic E-state index is 11.9. The zero-order chi connectivity index (χ0) is 20.6. The number of aliphatic imine (C=N–C) groups is 1. The molecule has 146 valence electrons. The first kappa shape index (κ1) is 19.8. The van der Waals surface area contributed by atoms with Crippen LogP contribution < -0.4 is 4.74 Å². The van der Waals surface area contributed by atoms with E-state index in [2.05, 4.69) is 4.99 Å². The van der Waals surface area contributed by atoms with Gasteiger partial charge in [0.2, 0.25) is 0 Å². The summed E-state index contributed by atoms with van der Waals surface area (Å²) in [6.45, 7) is 0.281. The van der Waals surface area contributed by atoms with E-state index in [0.717, 1.165) is 11.1 Å². The Labute approximate surface area is 168 Å². The van der Waals surface area contributed by atoms with E-state index in [4.69, 9.17) is 14.6 Å². The lowest BCUT2D eigenvalue weighted by molar-refractivity contribution is 0.0600. The molecule has 0 bridgehead atoms. The van der Waals surface area contributed by atoms with Gasteiger partial charge in [0.25, 0.3) is 0 Å². The predicted molar refractivity (Wildman–Crippen MR) is 109 cm³/mol. The lowest BCUT2D eigenvalue weighted by atomic mass is 10.1. The zero-order valence-corrected chi connectivity index (χ0v) is 15.7. The van der Waals surface area contributed by atoms with Crippen molar-refractivity contribution in [3.63, 3.8) is 0 Å². The molecule has 0 heterocycles. The Bertz CT molecular complexity index is 1040. The summed E-state index contributed by atoms with van der Waals surface area (Å²) in [6, 6.07) is 20.8. The topological polar surface area (TPSA) is 85.2 Å². The standard InChI is InChI=1S/C23H19NO5/c1-28-23(27)19-7-3-4-8-20(19)24-14-18-6-2-5-9-21(18)29-15-16-10-12-17(13-11-16)22(25)26/h2-14H,15H2,1H3,(H,25,26). The van der Waals surface area contributed by atoms with E-state index in [0.29, 0.717) is 17.0 Å². The highest BCUT2D eigenvalue weighted by Gasteiger charge is 2.10. The summed E-state index contributed by atoms with van der Waals surface area (Å²) in [4.78, 5) is 27.2. The lowest BCUT2D eigenvalue weighted by Gasteiger charge is -2.09. The molecule has 29 heavy (non-hydrogen) atoms. The molecular formula is C23H19NO5. The van der Waals surface area contributed by atoms with Crippen LogP contribution in [0.5, 0.6) is 5.75 Å². The van der Waals surface area contributed by atoms with Gasteiger partial charge in [-0.05, 0) is 42.0 Å². The fourth-order valence-corrected chi connectivity index (χ4v) is 2.63. The first-order valence-corrected chi connectivity index (χ1v) is 8.84. The Morgan fingerprint density at radius 3 is 2.38 bits per heavy atom. The van der Waals surface area contributed by atoms with Crippen molar-refractivity contribution in [2.24, 2.45) is 4.99 Å². The molecule has 6 nitrogen and oxygen atoms in total. The first-order chi connectivity index (χ1) is 14.1. The number of methoxy groups -OCH3 is 1. The van der Waals surface area contributed by atoms with Crippen molar-refractivity contribution < 1.29 is 24.2 Å². The largest absolute Gasteiger partial charge is 0.488 e. The molecule has 3 aromatic carbocycles. The molecule has 0 saturated carbocycles. The van der Waals surface area contributed by atoms with E-state index < -0.39 is 11.9 Å². The highest BCUT2D eigenvalue weighted by Crippen LogP contribution is 2.22. The minimum atomic E-state index is -0.966. The van der Waals surface area contributed by atoms with Crippen LogP contribution in [-0.2, 0) is 11.3 Å². The van der Waals surface area contributed by atoms with Gasteiger partial charge in [-0.1, -0.05) is 36.4 Å². The number of esters is 1. The minimum Gasteiger partial charge on any atom is -0.488 e. The van der Waals surface area contributed by atoms with E-state index in [1.165, 1.54) is 19.2 Å². The van der Waals surface area contributed by atoms with Gasteiger partial charge in [0, 0.05) is 11.8 Å². The number of carbonyl (C=O) groups is 2. The predicted octanol–water partition coefficient (Wildman–Crippen LogP) is 4.50. The molecule has 0 radical (unpaired) electrons. The molecule has 0 amide bonds. The average Bonchev–Trinajstić information content (AvgIpc) is 2.76. The average molecular weight is 389 g/mol. The number of rotatable bonds is 7. The first-order valence-electron chi connectivity index (χ1n) is 8.84. The van der Waals surface area contributed by atoms with Gasteiger partial charge >= 0.3 is 11.9 Å². The van der Waals surface area contributed by atoms with Crippen LogP contribution >= 0.6 is 0 Å². The third-order valence-corrected chi connectivity index (χ3v) is 4.17. The van der Waals surface area contributed by atoms with Crippen molar-refractivity contribution in [3.8, 4) is 5.75 Å². The summed E-state index contributed by atoms with van der Waals surface area (Å²) in [5.74, 6) is -0.799. The van der Waals surface area contributed by atoms with Crippen LogP contribution in [0.4, 0.5) is 5.69 Å². The highest BCUT2D eigenvalue weighted by atomic mass is 16.5. The summed E-state index contributed by atoms with van der Waals surface area (Å²) in [7, 11) is 1.33. The fourth-order valence-electron chi connectivity index (χ4n) is 2.63. The van der Waals surface area contributed by atoms with Crippen LogP contribution in [0, 0.1) is 0 Å². The molecule has 0 atom stereocenters. The molecule has 0 unspecified atom stereocenters. The van der Waals surface area contributed by atoms with Gasteiger partial charge in [-0.15, -0.1) is 0 Å². The van der Waals surface area contributed by atoms with Gasteiger partial charge in [-0.3, -0.25) is 4.99 Å². The van der Waals surface area contributed by atoms with Crippen LogP contribution in [0.25, 0.3) is 0 Å². The van der Waals surface area contributed by atoms with Gasteiger partial charge in [-0.25, -0.2) is 9.59 Å². The molecule has 1 N–H and O–H groups in total. The van der Waals surface area contributed by atoms with Crippen molar-refractivity contribution in [1.29, 1.82) is 0 Å². The second-order valence-corrected chi connectivity index (χ2v) is 6.10. The van der Waals surface area contributed by atoms with E-state index in [1.807, 2.05) is 24.3 Å². The van der Waals surface area contributed by atoms with Gasteiger partial charge in [0.15, 0.2) is 0 Å². The van der Waals surface area contributed by atoms with Gasteiger partial charge in [0.05, 0.1) is 23.9 Å². The van der Waals surface area contributed by atoms with Gasteiger partial charge < -0.3 is 14.6 Å². The van der Waals surface area contributed by atoms with E-state index in [9.17, 15) is 9.59 Å². The van der Waals surface area contributed by atoms with Crippen LogP contribution in [0.2, 0.25) is 0 Å².